The van der Waals surface area contributed by atoms with Crippen molar-refractivity contribution in [3.8, 4) is 11.5 Å². The predicted octanol–water partition coefficient (Wildman–Crippen LogP) is 2.22. The van der Waals surface area contributed by atoms with Gasteiger partial charge in [-0.1, -0.05) is 15.9 Å². The van der Waals surface area contributed by atoms with Crippen LogP contribution in [0.4, 0.5) is 0 Å². The molecule has 0 aliphatic carbocycles. The Labute approximate surface area is 95.8 Å². The molecule has 1 heterocycles. The zero-order valence-corrected chi connectivity index (χ0v) is 9.78. The summed E-state index contributed by atoms with van der Waals surface area (Å²) in [5.41, 5.74) is 0.924. The third-order valence-electron chi connectivity index (χ3n) is 1.89. The average Bonchev–Trinajstić information content (AvgIpc) is 2.68. The molecule has 0 aliphatic heterocycles. The van der Waals surface area contributed by atoms with E-state index in [9.17, 15) is 0 Å². The fourth-order valence-electron chi connectivity index (χ4n) is 1.19. The molecular weight excluding hydrogens is 258 g/mol. The van der Waals surface area contributed by atoms with Crippen molar-refractivity contribution < 1.29 is 4.42 Å². The van der Waals surface area contributed by atoms with Gasteiger partial charge < -0.3 is 9.73 Å². The van der Waals surface area contributed by atoms with E-state index in [2.05, 4.69) is 31.4 Å². The Morgan fingerprint density at radius 3 is 2.67 bits per heavy atom. The number of rotatable bonds is 3. The molecule has 2 aromatic rings. The summed E-state index contributed by atoms with van der Waals surface area (Å²) in [5, 5.41) is 10.8. The highest BCUT2D eigenvalue weighted by atomic mass is 79.9. The van der Waals surface area contributed by atoms with Crippen LogP contribution < -0.4 is 5.32 Å². The molecule has 0 radical (unpaired) electrons. The van der Waals surface area contributed by atoms with Crippen molar-refractivity contribution in [2.45, 2.75) is 6.54 Å². The van der Waals surface area contributed by atoms with E-state index in [0.717, 1.165) is 10.0 Å². The van der Waals surface area contributed by atoms with Crippen LogP contribution in [0.2, 0.25) is 0 Å². The van der Waals surface area contributed by atoms with Crippen LogP contribution in [0.25, 0.3) is 11.5 Å². The zero-order valence-electron chi connectivity index (χ0n) is 8.20. The quantitative estimate of drug-likeness (QED) is 0.927. The molecule has 15 heavy (non-hydrogen) atoms. The van der Waals surface area contributed by atoms with Gasteiger partial charge in [-0.05, 0) is 31.3 Å². The van der Waals surface area contributed by atoms with Crippen LogP contribution in [0.3, 0.4) is 0 Å². The summed E-state index contributed by atoms with van der Waals surface area (Å²) in [5.74, 6) is 1.14. The molecule has 0 spiro atoms. The molecule has 0 bridgehead atoms. The molecule has 0 amide bonds. The van der Waals surface area contributed by atoms with Crippen LogP contribution in [0.15, 0.2) is 33.2 Å². The summed E-state index contributed by atoms with van der Waals surface area (Å²) in [4.78, 5) is 0. The van der Waals surface area contributed by atoms with Gasteiger partial charge in [0, 0.05) is 10.0 Å². The van der Waals surface area contributed by atoms with Gasteiger partial charge in [-0.25, -0.2) is 0 Å². The van der Waals surface area contributed by atoms with E-state index in [1.165, 1.54) is 0 Å². The number of nitrogens with one attached hydrogen (secondary N) is 1. The summed E-state index contributed by atoms with van der Waals surface area (Å²) >= 11 is 3.37. The number of nitrogens with zero attached hydrogens (tertiary/aromatic N) is 2. The second-order valence-electron chi connectivity index (χ2n) is 3.04. The minimum atomic E-state index is 0.549. The van der Waals surface area contributed by atoms with Gasteiger partial charge >= 0.3 is 0 Å². The van der Waals surface area contributed by atoms with Crippen molar-refractivity contribution in [2.24, 2.45) is 0 Å². The number of hydrogen-bond donors (Lipinski definition) is 1. The van der Waals surface area contributed by atoms with Crippen LogP contribution in [0, 0.1) is 0 Å². The molecular formula is C10H10BrN3O. The maximum atomic E-state index is 5.45. The van der Waals surface area contributed by atoms with Gasteiger partial charge in [-0.15, -0.1) is 10.2 Å². The first-order chi connectivity index (χ1) is 7.29. The Morgan fingerprint density at radius 1 is 1.27 bits per heavy atom. The van der Waals surface area contributed by atoms with E-state index < -0.39 is 0 Å². The molecule has 0 saturated heterocycles. The van der Waals surface area contributed by atoms with Crippen molar-refractivity contribution in [3.63, 3.8) is 0 Å². The van der Waals surface area contributed by atoms with Crippen LogP contribution in [0.5, 0.6) is 0 Å². The van der Waals surface area contributed by atoms with Gasteiger partial charge in [-0.3, -0.25) is 0 Å². The minimum Gasteiger partial charge on any atom is -0.419 e. The molecule has 1 aromatic carbocycles. The Morgan fingerprint density at radius 2 is 2.00 bits per heavy atom. The summed E-state index contributed by atoms with van der Waals surface area (Å²) in [6.45, 7) is 0.587. The van der Waals surface area contributed by atoms with E-state index in [0.29, 0.717) is 18.3 Å². The SMILES string of the molecule is CNCc1nnc(-c2ccc(Br)cc2)o1. The second kappa shape index (κ2) is 4.55. The van der Waals surface area contributed by atoms with Gasteiger partial charge in [0.05, 0.1) is 6.54 Å². The Kier molecular flexibility index (Phi) is 3.13. The van der Waals surface area contributed by atoms with E-state index in [4.69, 9.17) is 4.42 Å². The van der Waals surface area contributed by atoms with E-state index >= 15 is 0 Å². The third-order valence-corrected chi connectivity index (χ3v) is 2.41. The molecule has 0 saturated carbocycles. The molecule has 1 N–H and O–H groups in total. The van der Waals surface area contributed by atoms with Gasteiger partial charge in [0.25, 0.3) is 0 Å². The molecule has 2 rings (SSSR count). The highest BCUT2D eigenvalue weighted by Gasteiger charge is 2.06. The Hall–Kier alpha value is -1.20. The fraction of sp³-hybridized carbons (Fsp3) is 0.200. The summed E-state index contributed by atoms with van der Waals surface area (Å²) in [6, 6.07) is 7.75. The summed E-state index contributed by atoms with van der Waals surface area (Å²) in [6.07, 6.45) is 0. The maximum absolute atomic E-state index is 5.45. The predicted molar refractivity (Wildman–Crippen MR) is 60.2 cm³/mol. The monoisotopic (exact) mass is 267 g/mol. The lowest BCUT2D eigenvalue weighted by molar-refractivity contribution is 0.490. The van der Waals surface area contributed by atoms with Crippen LogP contribution in [-0.4, -0.2) is 17.2 Å². The molecule has 1 aromatic heterocycles. The Bertz CT molecular complexity index is 438. The van der Waals surface area contributed by atoms with Crippen LogP contribution >= 0.6 is 15.9 Å². The highest BCUT2D eigenvalue weighted by molar-refractivity contribution is 9.10. The minimum absolute atomic E-state index is 0.549. The topological polar surface area (TPSA) is 51.0 Å². The normalized spacial score (nSPS) is 10.5. The van der Waals surface area contributed by atoms with Crippen molar-refractivity contribution in [2.75, 3.05) is 7.05 Å². The molecule has 4 nitrogen and oxygen atoms in total. The molecule has 0 aliphatic rings. The number of halogens is 1. The largest absolute Gasteiger partial charge is 0.419 e. The fourth-order valence-corrected chi connectivity index (χ4v) is 1.45. The Balaban J connectivity index is 2.25. The third kappa shape index (κ3) is 2.43. The van der Waals surface area contributed by atoms with E-state index in [1.807, 2.05) is 31.3 Å². The first-order valence-electron chi connectivity index (χ1n) is 4.52. The van der Waals surface area contributed by atoms with Crippen molar-refractivity contribution >= 4 is 15.9 Å². The molecule has 5 heteroatoms. The maximum Gasteiger partial charge on any atom is 0.247 e. The van der Waals surface area contributed by atoms with Gasteiger partial charge in [0.15, 0.2) is 0 Å². The zero-order chi connectivity index (χ0) is 10.7. The molecule has 78 valence electrons. The lowest BCUT2D eigenvalue weighted by atomic mass is 10.2. The van der Waals surface area contributed by atoms with Crippen molar-refractivity contribution in [1.82, 2.24) is 15.5 Å². The second-order valence-corrected chi connectivity index (χ2v) is 3.95. The van der Waals surface area contributed by atoms with Crippen LogP contribution in [-0.2, 0) is 6.54 Å². The number of aromatic nitrogens is 2. The summed E-state index contributed by atoms with van der Waals surface area (Å²) in [7, 11) is 1.84. The van der Waals surface area contributed by atoms with E-state index in [1.54, 1.807) is 0 Å². The molecule has 0 fully saturated rings. The lowest BCUT2D eigenvalue weighted by Gasteiger charge is -1.94. The van der Waals surface area contributed by atoms with Gasteiger partial charge in [0.1, 0.15) is 0 Å². The van der Waals surface area contributed by atoms with Gasteiger partial charge in [-0.2, -0.15) is 0 Å². The first-order valence-corrected chi connectivity index (χ1v) is 5.32. The van der Waals surface area contributed by atoms with Crippen LogP contribution in [0.1, 0.15) is 5.89 Å². The van der Waals surface area contributed by atoms with Crippen molar-refractivity contribution in [3.05, 3.63) is 34.6 Å². The summed E-state index contributed by atoms with van der Waals surface area (Å²) < 4.78 is 6.48. The van der Waals surface area contributed by atoms with Gasteiger partial charge in [0.2, 0.25) is 11.8 Å². The number of benzene rings is 1. The smallest absolute Gasteiger partial charge is 0.247 e. The number of hydrogen-bond acceptors (Lipinski definition) is 4. The first kappa shape index (κ1) is 10.3. The molecule has 0 unspecified atom stereocenters. The molecule has 0 atom stereocenters. The van der Waals surface area contributed by atoms with E-state index in [-0.39, 0.29) is 0 Å². The van der Waals surface area contributed by atoms with Crippen molar-refractivity contribution in [1.29, 1.82) is 0 Å². The average molecular weight is 268 g/mol. The standard InChI is InChI=1S/C10H10BrN3O/c1-12-6-9-13-14-10(15-9)7-2-4-8(11)5-3-7/h2-5,12H,6H2,1H3. The highest BCUT2D eigenvalue weighted by Crippen LogP contribution is 2.20. The lowest BCUT2D eigenvalue weighted by Crippen LogP contribution is -2.04.